The van der Waals surface area contributed by atoms with Crippen LogP contribution in [0.15, 0.2) is 0 Å². The molecule has 0 aliphatic heterocycles. The molecule has 14 heavy (non-hydrogen) atoms. The fourth-order valence-corrected chi connectivity index (χ4v) is 11.1. The van der Waals surface area contributed by atoms with Gasteiger partial charge in [-0.25, -0.2) is 0 Å². The van der Waals surface area contributed by atoms with Gasteiger partial charge < -0.3 is 5.11 Å². The first-order valence-electron chi connectivity index (χ1n) is 5.77. The van der Waals surface area contributed by atoms with Crippen LogP contribution in [0.25, 0.3) is 0 Å². The van der Waals surface area contributed by atoms with Gasteiger partial charge in [0.05, 0.1) is 0 Å². The minimum atomic E-state index is -0.880. The van der Waals surface area contributed by atoms with Crippen molar-refractivity contribution >= 4 is 25.7 Å². The summed E-state index contributed by atoms with van der Waals surface area (Å²) in [4.78, 5) is 9.00. The summed E-state index contributed by atoms with van der Waals surface area (Å²) in [6, 6.07) is 0. The summed E-state index contributed by atoms with van der Waals surface area (Å²) in [5.74, 6) is -0.833. The standard InChI is InChI=1S/3C3H7.C2H4O2.Sn.H/c3*1-3-2;1-2(3)4;;/h3*1,3H2,2H3;1H3,(H,3,4);;. The monoisotopic (exact) mass is 310 g/mol. The number of carboxylic acids is 1. The maximum absolute atomic E-state index is 9.00. The zero-order valence-corrected chi connectivity index (χ0v) is 13.5. The van der Waals surface area contributed by atoms with Gasteiger partial charge in [0.1, 0.15) is 0 Å². The van der Waals surface area contributed by atoms with Gasteiger partial charge in [-0.2, -0.15) is 0 Å². The third kappa shape index (κ3) is 18.1. The van der Waals surface area contributed by atoms with Crippen molar-refractivity contribution in [3.63, 3.8) is 0 Å². The van der Waals surface area contributed by atoms with Crippen LogP contribution in [-0.4, -0.2) is 30.8 Å². The van der Waals surface area contributed by atoms with E-state index in [2.05, 4.69) is 20.8 Å². The molecule has 0 aliphatic carbocycles. The Balaban J connectivity index is 0. The van der Waals surface area contributed by atoms with E-state index in [0.717, 1.165) is 6.92 Å². The van der Waals surface area contributed by atoms with Gasteiger partial charge in [-0.1, -0.05) is 0 Å². The molecule has 2 nitrogen and oxygen atoms in total. The number of carboxylic acid groups (broad SMARTS) is 1. The molecule has 0 rings (SSSR count). The van der Waals surface area contributed by atoms with E-state index < -0.39 is 25.7 Å². The fraction of sp³-hybridized carbons (Fsp3) is 0.909. The molecule has 0 aliphatic rings. The topological polar surface area (TPSA) is 37.3 Å². The molecule has 0 saturated heterocycles. The van der Waals surface area contributed by atoms with E-state index >= 15 is 0 Å². The predicted molar refractivity (Wildman–Crippen MR) is 65.8 cm³/mol. The molecule has 3 heteroatoms. The zero-order valence-electron chi connectivity index (χ0n) is 10.2. The summed E-state index contributed by atoms with van der Waals surface area (Å²) < 4.78 is 4.97. The van der Waals surface area contributed by atoms with E-state index in [1.165, 1.54) is 19.3 Å². The van der Waals surface area contributed by atoms with Crippen LogP contribution >= 0.6 is 0 Å². The van der Waals surface area contributed by atoms with Gasteiger partial charge in [-0.3, -0.25) is 4.79 Å². The molecule has 1 N–H and O–H groups in total. The van der Waals surface area contributed by atoms with Gasteiger partial charge >= 0.3 is 73.1 Å². The first-order chi connectivity index (χ1) is 6.58. The Kier molecular flexibility index (Phi) is 15.8. The van der Waals surface area contributed by atoms with Crippen molar-refractivity contribution in [2.75, 3.05) is 0 Å². The molecule has 0 aromatic rings. The summed E-state index contributed by atoms with van der Waals surface area (Å²) in [6.45, 7) is 8.11. The van der Waals surface area contributed by atoms with E-state index in [1.54, 1.807) is 13.3 Å². The molecule has 0 spiro atoms. The molecule has 86 valence electrons. The van der Waals surface area contributed by atoms with Crippen LogP contribution in [0.2, 0.25) is 13.3 Å². The minimum absolute atomic E-state index is 0.833. The van der Waals surface area contributed by atoms with Crippen LogP contribution in [0.1, 0.15) is 47.0 Å². The van der Waals surface area contributed by atoms with E-state index in [9.17, 15) is 0 Å². The molecule has 0 radical (unpaired) electrons. The molecule has 0 amide bonds. The first kappa shape index (κ1) is 16.7. The quantitative estimate of drug-likeness (QED) is 0.762. The molecular formula is C11H26O2Sn. The van der Waals surface area contributed by atoms with Crippen molar-refractivity contribution in [3.8, 4) is 0 Å². The number of rotatable bonds is 6. The Labute approximate surface area is 95.8 Å². The first-order valence-corrected chi connectivity index (χ1v) is 12.8. The second kappa shape index (κ2) is 13.3. The fourth-order valence-electron chi connectivity index (χ4n) is 1.66. The summed E-state index contributed by atoms with van der Waals surface area (Å²) in [5.41, 5.74) is 0. The van der Waals surface area contributed by atoms with E-state index in [4.69, 9.17) is 9.90 Å². The SMILES string of the molecule is CC(=O)O.CC[CH2][SnH]([CH2]CC)[CH2]CC. The summed E-state index contributed by atoms with van der Waals surface area (Å²) in [5, 5.41) is 7.42. The normalized spacial score (nSPS) is 9.50. The number of hydrogen-bond donors (Lipinski definition) is 1. The Hall–Kier alpha value is 0.269. The Morgan fingerprint density at radius 2 is 1.21 bits per heavy atom. The second-order valence-electron chi connectivity index (χ2n) is 3.75. The second-order valence-corrected chi connectivity index (χ2v) is 13.6. The van der Waals surface area contributed by atoms with Gasteiger partial charge in [0.2, 0.25) is 0 Å². The third-order valence-corrected chi connectivity index (χ3v) is 14.0. The summed E-state index contributed by atoms with van der Waals surface area (Å²) in [7, 11) is 0. The van der Waals surface area contributed by atoms with Crippen LogP contribution in [0.5, 0.6) is 0 Å². The van der Waals surface area contributed by atoms with E-state index in [1.807, 2.05) is 0 Å². The predicted octanol–water partition coefficient (Wildman–Crippen LogP) is 3.53. The molecule has 0 saturated carbocycles. The van der Waals surface area contributed by atoms with Crippen LogP contribution < -0.4 is 0 Å². The average molecular weight is 309 g/mol. The molecule has 0 fully saturated rings. The van der Waals surface area contributed by atoms with Crippen molar-refractivity contribution in [2.24, 2.45) is 0 Å². The van der Waals surface area contributed by atoms with Crippen molar-refractivity contribution in [1.29, 1.82) is 0 Å². The molecule has 0 aromatic heterocycles. The third-order valence-electron chi connectivity index (χ3n) is 2.09. The van der Waals surface area contributed by atoms with Crippen molar-refractivity contribution in [1.82, 2.24) is 0 Å². The molecule has 0 atom stereocenters. The van der Waals surface area contributed by atoms with E-state index in [0.29, 0.717) is 0 Å². The van der Waals surface area contributed by atoms with Gasteiger partial charge in [-0.15, -0.1) is 0 Å². The number of hydrogen-bond acceptors (Lipinski definition) is 1. The van der Waals surface area contributed by atoms with Gasteiger partial charge in [0.25, 0.3) is 5.97 Å². The number of carbonyl (C=O) groups is 1. The average Bonchev–Trinajstić information content (AvgIpc) is 2.04. The summed E-state index contributed by atoms with van der Waals surface area (Å²) in [6.07, 6.45) is 4.38. The van der Waals surface area contributed by atoms with Gasteiger partial charge in [-0.05, 0) is 0 Å². The molecular weight excluding hydrogens is 283 g/mol. The number of aliphatic carboxylic acids is 1. The Bertz CT molecular complexity index is 108. The summed E-state index contributed by atoms with van der Waals surface area (Å²) >= 11 is -0.880. The van der Waals surface area contributed by atoms with E-state index in [-0.39, 0.29) is 0 Å². The van der Waals surface area contributed by atoms with Gasteiger partial charge in [0, 0.05) is 6.92 Å². The maximum atomic E-state index is 9.00. The van der Waals surface area contributed by atoms with Crippen molar-refractivity contribution in [3.05, 3.63) is 0 Å². The Morgan fingerprint density at radius 3 is 1.36 bits per heavy atom. The zero-order chi connectivity index (χ0) is 11.4. The van der Waals surface area contributed by atoms with Crippen LogP contribution in [0.4, 0.5) is 0 Å². The van der Waals surface area contributed by atoms with Crippen LogP contribution in [0.3, 0.4) is 0 Å². The molecule has 0 aromatic carbocycles. The molecule has 0 heterocycles. The Morgan fingerprint density at radius 1 is 1.00 bits per heavy atom. The molecule has 0 bridgehead atoms. The molecule has 0 unspecified atom stereocenters. The van der Waals surface area contributed by atoms with Crippen molar-refractivity contribution in [2.45, 2.75) is 60.3 Å². The van der Waals surface area contributed by atoms with Crippen LogP contribution in [0, 0.1) is 0 Å². The van der Waals surface area contributed by atoms with Gasteiger partial charge in [0.15, 0.2) is 0 Å². The van der Waals surface area contributed by atoms with Crippen LogP contribution in [-0.2, 0) is 4.79 Å². The van der Waals surface area contributed by atoms with Crippen molar-refractivity contribution < 1.29 is 9.90 Å².